The smallest absolute Gasteiger partial charge is 0.229 e. The highest BCUT2D eigenvalue weighted by molar-refractivity contribution is 5.85. The summed E-state index contributed by atoms with van der Waals surface area (Å²) in [5.41, 5.74) is 7.33. The molecule has 0 unspecified atom stereocenters. The number of aromatic nitrogens is 2. The van der Waals surface area contributed by atoms with Crippen molar-refractivity contribution in [1.29, 1.82) is 0 Å². The van der Waals surface area contributed by atoms with Gasteiger partial charge in [-0.25, -0.2) is 0 Å². The normalized spacial score (nSPS) is 21.0. The highest BCUT2D eigenvalue weighted by atomic mass is 35.5. The standard InChI is InChI=1S/C18H24N4O.ClH/c19-18(9-4-10-18)17-20-16(23-21-17)15-7-11-22(12-8-15)13-14-5-2-1-3-6-14;/h1-3,5-6,15H,4,7-13,19H2;1H. The average molecular weight is 349 g/mol. The van der Waals surface area contributed by atoms with E-state index < -0.39 is 0 Å². The molecular formula is C18H25ClN4O. The molecule has 6 heteroatoms. The molecule has 1 aliphatic heterocycles. The number of hydrogen-bond donors (Lipinski definition) is 1. The van der Waals surface area contributed by atoms with Gasteiger partial charge in [0.05, 0.1) is 5.54 Å². The molecular weight excluding hydrogens is 324 g/mol. The Labute approximate surface area is 149 Å². The molecule has 1 saturated carbocycles. The third-order valence-electron chi connectivity index (χ3n) is 5.32. The lowest BCUT2D eigenvalue weighted by atomic mass is 9.77. The number of nitrogens with zero attached hydrogens (tertiary/aromatic N) is 3. The van der Waals surface area contributed by atoms with E-state index in [1.54, 1.807) is 0 Å². The molecule has 0 amide bonds. The Balaban J connectivity index is 0.00000169. The van der Waals surface area contributed by atoms with Crippen LogP contribution in [0.4, 0.5) is 0 Å². The molecule has 0 atom stereocenters. The van der Waals surface area contributed by atoms with E-state index in [1.165, 1.54) is 5.56 Å². The van der Waals surface area contributed by atoms with Gasteiger partial charge in [-0.05, 0) is 50.8 Å². The summed E-state index contributed by atoms with van der Waals surface area (Å²) in [7, 11) is 0. The minimum atomic E-state index is -0.324. The summed E-state index contributed by atoms with van der Waals surface area (Å²) in [6.07, 6.45) is 5.26. The molecule has 2 heterocycles. The van der Waals surface area contributed by atoms with Crippen molar-refractivity contribution in [2.75, 3.05) is 13.1 Å². The minimum absolute atomic E-state index is 0. The molecule has 2 fully saturated rings. The molecule has 0 bridgehead atoms. The van der Waals surface area contributed by atoms with E-state index >= 15 is 0 Å². The summed E-state index contributed by atoms with van der Waals surface area (Å²) in [4.78, 5) is 7.11. The largest absolute Gasteiger partial charge is 0.339 e. The van der Waals surface area contributed by atoms with Gasteiger partial charge in [0, 0.05) is 12.5 Å². The monoisotopic (exact) mass is 348 g/mol. The van der Waals surface area contributed by atoms with Gasteiger partial charge in [-0.2, -0.15) is 4.98 Å². The van der Waals surface area contributed by atoms with Gasteiger partial charge in [0.25, 0.3) is 0 Å². The molecule has 2 aliphatic rings. The molecule has 0 spiro atoms. The van der Waals surface area contributed by atoms with Crippen LogP contribution in [-0.2, 0) is 12.1 Å². The second-order valence-corrected chi connectivity index (χ2v) is 7.00. The topological polar surface area (TPSA) is 68.2 Å². The summed E-state index contributed by atoms with van der Waals surface area (Å²) < 4.78 is 5.52. The van der Waals surface area contributed by atoms with Crippen molar-refractivity contribution in [3.63, 3.8) is 0 Å². The van der Waals surface area contributed by atoms with Crippen LogP contribution in [-0.4, -0.2) is 28.1 Å². The fourth-order valence-corrected chi connectivity index (χ4v) is 3.56. The maximum absolute atomic E-state index is 6.28. The quantitative estimate of drug-likeness (QED) is 0.918. The first-order valence-electron chi connectivity index (χ1n) is 8.62. The molecule has 4 rings (SSSR count). The minimum Gasteiger partial charge on any atom is -0.339 e. The number of nitrogens with two attached hydrogens (primary N) is 1. The third-order valence-corrected chi connectivity index (χ3v) is 5.32. The molecule has 24 heavy (non-hydrogen) atoms. The summed E-state index contributed by atoms with van der Waals surface area (Å²) in [6, 6.07) is 10.6. The van der Waals surface area contributed by atoms with Gasteiger partial charge in [-0.1, -0.05) is 35.5 Å². The highest BCUT2D eigenvalue weighted by Gasteiger charge is 2.39. The number of hydrogen-bond acceptors (Lipinski definition) is 5. The zero-order valence-corrected chi connectivity index (χ0v) is 14.7. The lowest BCUT2D eigenvalue weighted by molar-refractivity contribution is 0.187. The predicted molar refractivity (Wildman–Crippen MR) is 95.0 cm³/mol. The zero-order valence-electron chi connectivity index (χ0n) is 13.9. The molecule has 2 N–H and O–H groups in total. The second-order valence-electron chi connectivity index (χ2n) is 7.00. The number of benzene rings is 1. The van der Waals surface area contributed by atoms with Crippen LogP contribution in [0.1, 0.15) is 55.3 Å². The van der Waals surface area contributed by atoms with Crippen LogP contribution in [0.3, 0.4) is 0 Å². The molecule has 1 aromatic heterocycles. The van der Waals surface area contributed by atoms with Crippen molar-refractivity contribution in [1.82, 2.24) is 15.0 Å². The molecule has 130 valence electrons. The van der Waals surface area contributed by atoms with Crippen molar-refractivity contribution in [2.24, 2.45) is 5.73 Å². The van der Waals surface area contributed by atoms with Crippen molar-refractivity contribution in [2.45, 2.75) is 50.1 Å². The van der Waals surface area contributed by atoms with Crippen LogP contribution in [0.15, 0.2) is 34.9 Å². The Kier molecular flexibility index (Phi) is 5.23. The van der Waals surface area contributed by atoms with E-state index in [-0.39, 0.29) is 17.9 Å². The third kappa shape index (κ3) is 3.48. The first-order chi connectivity index (χ1) is 11.2. The first-order valence-corrected chi connectivity index (χ1v) is 8.62. The van der Waals surface area contributed by atoms with Crippen molar-refractivity contribution >= 4 is 12.4 Å². The van der Waals surface area contributed by atoms with E-state index in [4.69, 9.17) is 10.3 Å². The van der Waals surface area contributed by atoms with E-state index in [0.29, 0.717) is 11.7 Å². The Morgan fingerprint density at radius 1 is 1.17 bits per heavy atom. The SMILES string of the molecule is Cl.NC1(c2noc(C3CCN(Cc4ccccc4)CC3)n2)CCC1. The van der Waals surface area contributed by atoms with Crippen molar-refractivity contribution in [3.05, 3.63) is 47.6 Å². The zero-order chi connectivity index (χ0) is 15.7. The number of likely N-dealkylation sites (tertiary alicyclic amines) is 1. The lowest BCUT2D eigenvalue weighted by Gasteiger charge is -2.34. The average Bonchev–Trinajstić information content (AvgIpc) is 3.05. The van der Waals surface area contributed by atoms with E-state index in [1.807, 2.05) is 0 Å². The van der Waals surface area contributed by atoms with Gasteiger partial charge in [-0.3, -0.25) is 4.90 Å². The Hall–Kier alpha value is -1.43. The fraction of sp³-hybridized carbons (Fsp3) is 0.556. The summed E-state index contributed by atoms with van der Waals surface area (Å²) in [5.74, 6) is 1.88. The summed E-state index contributed by atoms with van der Waals surface area (Å²) in [5, 5.41) is 4.15. The molecule has 1 saturated heterocycles. The number of piperidine rings is 1. The lowest BCUT2D eigenvalue weighted by Crippen LogP contribution is -2.44. The number of halogens is 1. The molecule has 0 radical (unpaired) electrons. The van der Waals surface area contributed by atoms with Crippen LogP contribution < -0.4 is 5.73 Å². The predicted octanol–water partition coefficient (Wildman–Crippen LogP) is 3.21. The van der Waals surface area contributed by atoms with E-state index in [2.05, 4.69) is 45.4 Å². The molecule has 5 nitrogen and oxygen atoms in total. The van der Waals surface area contributed by atoms with Crippen molar-refractivity contribution < 1.29 is 4.52 Å². The van der Waals surface area contributed by atoms with Crippen LogP contribution in [0.25, 0.3) is 0 Å². The molecule has 2 aromatic rings. The van der Waals surface area contributed by atoms with Crippen LogP contribution in [0.5, 0.6) is 0 Å². The maximum atomic E-state index is 6.28. The maximum Gasteiger partial charge on any atom is 0.229 e. The van der Waals surface area contributed by atoms with Crippen LogP contribution in [0.2, 0.25) is 0 Å². The first kappa shape index (κ1) is 17.4. The van der Waals surface area contributed by atoms with Gasteiger partial charge in [0.1, 0.15) is 0 Å². The van der Waals surface area contributed by atoms with E-state index in [0.717, 1.165) is 57.6 Å². The second kappa shape index (κ2) is 7.21. The van der Waals surface area contributed by atoms with Crippen LogP contribution in [0, 0.1) is 0 Å². The van der Waals surface area contributed by atoms with Gasteiger partial charge < -0.3 is 10.3 Å². The van der Waals surface area contributed by atoms with Gasteiger partial charge in [0.2, 0.25) is 5.89 Å². The van der Waals surface area contributed by atoms with Crippen LogP contribution >= 0.6 is 12.4 Å². The Bertz CT molecular complexity index is 648. The Morgan fingerprint density at radius 2 is 1.88 bits per heavy atom. The summed E-state index contributed by atoms with van der Waals surface area (Å²) in [6.45, 7) is 3.17. The highest BCUT2D eigenvalue weighted by Crippen LogP contribution is 2.38. The van der Waals surface area contributed by atoms with Gasteiger partial charge in [-0.15, -0.1) is 12.4 Å². The number of rotatable bonds is 4. The van der Waals surface area contributed by atoms with Gasteiger partial charge >= 0.3 is 0 Å². The molecule has 1 aliphatic carbocycles. The fourth-order valence-electron chi connectivity index (χ4n) is 3.56. The Morgan fingerprint density at radius 3 is 2.50 bits per heavy atom. The van der Waals surface area contributed by atoms with Crippen molar-refractivity contribution in [3.8, 4) is 0 Å². The van der Waals surface area contributed by atoms with Gasteiger partial charge in [0.15, 0.2) is 5.82 Å². The molecule has 1 aromatic carbocycles. The summed E-state index contributed by atoms with van der Waals surface area (Å²) >= 11 is 0. The van der Waals surface area contributed by atoms with E-state index in [9.17, 15) is 0 Å².